The van der Waals surface area contributed by atoms with Crippen molar-refractivity contribution in [2.75, 3.05) is 13.2 Å². The summed E-state index contributed by atoms with van der Waals surface area (Å²) in [4.78, 5) is 49.7. The second-order valence-corrected chi connectivity index (χ2v) is 8.04. The van der Waals surface area contributed by atoms with E-state index in [1.54, 1.807) is 36.4 Å². The smallest absolute Gasteiger partial charge is 0.410 e. The molecule has 1 heterocycles. The first-order chi connectivity index (χ1) is 16.9. The summed E-state index contributed by atoms with van der Waals surface area (Å²) < 4.78 is 24.2. The lowest BCUT2D eigenvalue weighted by molar-refractivity contribution is -0.140. The van der Waals surface area contributed by atoms with E-state index in [9.17, 15) is 23.6 Å². The third-order valence-electron chi connectivity index (χ3n) is 5.55. The number of halogens is 1. The highest BCUT2D eigenvalue weighted by atomic mass is 19.1. The van der Waals surface area contributed by atoms with E-state index in [1.165, 1.54) is 4.90 Å². The zero-order valence-corrected chi connectivity index (χ0v) is 19.0. The van der Waals surface area contributed by atoms with Crippen molar-refractivity contribution >= 4 is 23.8 Å². The van der Waals surface area contributed by atoms with Crippen molar-refractivity contribution in [1.29, 1.82) is 0 Å². The number of amides is 2. The van der Waals surface area contributed by atoms with Crippen LogP contribution in [-0.4, -0.2) is 59.1 Å². The molecule has 3 rings (SSSR count). The van der Waals surface area contributed by atoms with E-state index in [-0.39, 0.29) is 13.2 Å². The minimum atomic E-state index is -1.51. The molecule has 0 bridgehead atoms. The molecule has 0 spiro atoms. The Morgan fingerprint density at radius 3 is 2.49 bits per heavy atom. The zero-order valence-electron chi connectivity index (χ0n) is 19.0. The van der Waals surface area contributed by atoms with Crippen molar-refractivity contribution in [3.63, 3.8) is 0 Å². The highest BCUT2D eigenvalue weighted by Crippen LogP contribution is 2.26. The van der Waals surface area contributed by atoms with Crippen molar-refractivity contribution < 1.29 is 38.1 Å². The first-order valence-electron chi connectivity index (χ1n) is 11.2. The van der Waals surface area contributed by atoms with Crippen LogP contribution in [0, 0.1) is 0 Å². The summed E-state index contributed by atoms with van der Waals surface area (Å²) in [5.74, 6) is -1.98. The predicted molar refractivity (Wildman–Crippen MR) is 123 cm³/mol. The number of hydrogen-bond donors (Lipinski definition) is 2. The molecule has 0 aliphatic carbocycles. The van der Waals surface area contributed by atoms with Gasteiger partial charge in [-0.15, -0.1) is 0 Å². The molecule has 10 heteroatoms. The number of aliphatic carboxylic acids is 1. The van der Waals surface area contributed by atoms with E-state index >= 15 is 0 Å². The number of ether oxygens (including phenoxy) is 2. The molecule has 1 aliphatic rings. The van der Waals surface area contributed by atoms with Gasteiger partial charge in [-0.1, -0.05) is 36.4 Å². The molecule has 0 aromatic heterocycles. The normalized spacial score (nSPS) is 16.1. The van der Waals surface area contributed by atoms with Crippen LogP contribution in [0.3, 0.4) is 0 Å². The molecule has 1 fully saturated rings. The molecule has 186 valence electrons. The Bertz CT molecular complexity index is 1050. The lowest BCUT2D eigenvalue weighted by atomic mass is 10.0. The van der Waals surface area contributed by atoms with Gasteiger partial charge in [0.05, 0.1) is 6.42 Å². The number of Topliss-reactive ketones (excluding diaryl/α,β-unsaturated/α-hetero) is 1. The van der Waals surface area contributed by atoms with Crippen molar-refractivity contribution in [2.24, 2.45) is 0 Å². The van der Waals surface area contributed by atoms with Crippen molar-refractivity contribution in [3.05, 3.63) is 60.2 Å². The summed E-state index contributed by atoms with van der Waals surface area (Å²) in [5, 5.41) is 11.2. The Morgan fingerprint density at radius 1 is 1.06 bits per heavy atom. The fraction of sp³-hybridized carbons (Fsp3) is 0.360. The van der Waals surface area contributed by atoms with E-state index in [4.69, 9.17) is 14.6 Å². The van der Waals surface area contributed by atoms with Crippen LogP contribution in [0.1, 0.15) is 31.2 Å². The number of nitrogens with one attached hydrogen (secondary N) is 1. The molecule has 1 aliphatic heterocycles. The minimum Gasteiger partial charge on any atom is -0.481 e. The van der Waals surface area contributed by atoms with Gasteiger partial charge < -0.3 is 19.9 Å². The number of likely N-dealkylation sites (tertiary alicyclic amines) is 1. The number of nitrogens with zero attached hydrogens (tertiary/aromatic N) is 1. The molecule has 2 aromatic carbocycles. The first kappa shape index (κ1) is 25.7. The lowest BCUT2D eigenvalue weighted by Crippen LogP contribution is -2.55. The van der Waals surface area contributed by atoms with E-state index in [0.717, 1.165) is 0 Å². The van der Waals surface area contributed by atoms with Crippen molar-refractivity contribution in [2.45, 2.75) is 44.4 Å². The van der Waals surface area contributed by atoms with Crippen LogP contribution in [0.15, 0.2) is 54.6 Å². The van der Waals surface area contributed by atoms with Gasteiger partial charge in [-0.3, -0.25) is 19.3 Å². The lowest BCUT2D eigenvalue weighted by Gasteiger charge is -2.34. The summed E-state index contributed by atoms with van der Waals surface area (Å²) in [6, 6.07) is 13.7. The maximum absolute atomic E-state index is 12.9. The third-order valence-corrected chi connectivity index (χ3v) is 5.55. The fourth-order valence-corrected chi connectivity index (χ4v) is 3.76. The van der Waals surface area contributed by atoms with Crippen LogP contribution in [0.5, 0.6) is 11.5 Å². The standard InChI is InChI=1S/C25H27FN2O7/c26-15-21(29)19(14-23(30)31)27-24(32)20-11-6-7-13-28(20)25(33)34-16-17-8-4-5-12-22(17)35-18-9-2-1-3-10-18/h1-5,8-10,12,19-20H,6-7,11,13-16H2,(H,27,32)(H,30,31)/t19?,20-/m0/s1. The molecular formula is C25H27FN2O7. The summed E-state index contributed by atoms with van der Waals surface area (Å²) >= 11 is 0. The van der Waals surface area contributed by atoms with E-state index in [2.05, 4.69) is 5.32 Å². The van der Waals surface area contributed by atoms with Gasteiger partial charge in [0.1, 0.15) is 36.9 Å². The number of carboxylic acid groups (broad SMARTS) is 1. The summed E-state index contributed by atoms with van der Waals surface area (Å²) in [5.41, 5.74) is 0.623. The van der Waals surface area contributed by atoms with E-state index < -0.39 is 48.9 Å². The number of hydrogen-bond acceptors (Lipinski definition) is 6. The number of carbonyl (C=O) groups excluding carboxylic acids is 3. The van der Waals surface area contributed by atoms with E-state index in [0.29, 0.717) is 36.3 Å². The number of alkyl halides is 1. The monoisotopic (exact) mass is 486 g/mol. The average molecular weight is 486 g/mol. The Balaban J connectivity index is 1.65. The average Bonchev–Trinajstić information content (AvgIpc) is 2.87. The molecule has 2 aromatic rings. The van der Waals surface area contributed by atoms with Crippen LogP contribution in [0.25, 0.3) is 0 Å². The Labute approximate surface area is 201 Å². The molecule has 2 atom stereocenters. The second kappa shape index (κ2) is 12.5. The van der Waals surface area contributed by atoms with Crippen molar-refractivity contribution in [1.82, 2.24) is 10.2 Å². The van der Waals surface area contributed by atoms with Gasteiger partial charge in [0.2, 0.25) is 5.91 Å². The highest BCUT2D eigenvalue weighted by Gasteiger charge is 2.35. The number of rotatable bonds is 10. The second-order valence-electron chi connectivity index (χ2n) is 8.04. The molecular weight excluding hydrogens is 459 g/mol. The molecule has 2 amide bonds. The number of ketones is 1. The van der Waals surface area contributed by atoms with Gasteiger partial charge >= 0.3 is 12.1 Å². The minimum absolute atomic E-state index is 0.103. The molecule has 0 saturated carbocycles. The molecule has 1 saturated heterocycles. The van der Waals surface area contributed by atoms with Gasteiger partial charge in [0, 0.05) is 12.1 Å². The number of carboxylic acids is 1. The van der Waals surface area contributed by atoms with Gasteiger partial charge in [-0.25, -0.2) is 9.18 Å². The van der Waals surface area contributed by atoms with E-state index in [1.807, 2.05) is 18.2 Å². The topological polar surface area (TPSA) is 122 Å². The quantitative estimate of drug-likeness (QED) is 0.527. The highest BCUT2D eigenvalue weighted by molar-refractivity contribution is 5.94. The molecule has 0 radical (unpaired) electrons. The van der Waals surface area contributed by atoms with Crippen LogP contribution in [0.2, 0.25) is 0 Å². The number of benzene rings is 2. The third kappa shape index (κ3) is 7.26. The SMILES string of the molecule is O=C(O)CC(NC(=O)[C@@H]1CCCCN1C(=O)OCc1ccccc1Oc1ccccc1)C(=O)CF. The van der Waals surface area contributed by atoms with Gasteiger partial charge in [0.25, 0.3) is 0 Å². The Kier molecular flexibility index (Phi) is 9.16. The van der Waals surface area contributed by atoms with Gasteiger partial charge in [0.15, 0.2) is 5.78 Å². The summed E-state index contributed by atoms with van der Waals surface area (Å²) in [6.07, 6.45) is 0.124. The largest absolute Gasteiger partial charge is 0.481 e. The number of piperidine rings is 1. The fourth-order valence-electron chi connectivity index (χ4n) is 3.76. The van der Waals surface area contributed by atoms with Crippen LogP contribution >= 0.6 is 0 Å². The summed E-state index contributed by atoms with van der Waals surface area (Å²) in [6.45, 7) is -1.26. The first-order valence-corrected chi connectivity index (χ1v) is 11.2. The summed E-state index contributed by atoms with van der Waals surface area (Å²) in [7, 11) is 0. The number of para-hydroxylation sites is 2. The van der Waals surface area contributed by atoms with Crippen molar-refractivity contribution in [3.8, 4) is 11.5 Å². The van der Waals surface area contributed by atoms with Gasteiger partial charge in [-0.2, -0.15) is 0 Å². The maximum atomic E-state index is 12.9. The molecule has 1 unspecified atom stereocenters. The van der Waals surface area contributed by atoms with Crippen LogP contribution < -0.4 is 10.1 Å². The number of carbonyl (C=O) groups is 4. The molecule has 35 heavy (non-hydrogen) atoms. The van der Waals surface area contributed by atoms with Crippen LogP contribution in [-0.2, 0) is 25.7 Å². The molecule has 2 N–H and O–H groups in total. The Hall–Kier alpha value is -3.95. The van der Waals surface area contributed by atoms with Crippen LogP contribution in [0.4, 0.5) is 9.18 Å². The zero-order chi connectivity index (χ0) is 25.2. The van der Waals surface area contributed by atoms with Gasteiger partial charge in [-0.05, 0) is 37.5 Å². The predicted octanol–water partition coefficient (Wildman–Crippen LogP) is 3.47. The Morgan fingerprint density at radius 2 is 1.77 bits per heavy atom. The molecule has 9 nitrogen and oxygen atoms in total. The maximum Gasteiger partial charge on any atom is 0.410 e.